The molecule has 1 aromatic heterocycles. The van der Waals surface area contributed by atoms with E-state index in [1.807, 2.05) is 18.2 Å². The first-order valence-electron chi connectivity index (χ1n) is 9.12. The molecule has 1 fully saturated rings. The number of amides is 1. The summed E-state index contributed by atoms with van der Waals surface area (Å²) >= 11 is 0. The number of aromatic nitrogens is 2. The number of hydrogen-bond donors (Lipinski definition) is 1. The van der Waals surface area contributed by atoms with Gasteiger partial charge in [-0.25, -0.2) is 4.68 Å². The molecule has 146 valence electrons. The van der Waals surface area contributed by atoms with Crippen molar-refractivity contribution >= 4 is 5.91 Å². The van der Waals surface area contributed by atoms with Crippen molar-refractivity contribution in [2.45, 2.75) is 50.7 Å². The third-order valence-electron chi connectivity index (χ3n) is 5.15. The van der Waals surface area contributed by atoms with Gasteiger partial charge in [0.25, 0.3) is 5.91 Å². The van der Waals surface area contributed by atoms with Gasteiger partial charge in [0.05, 0.1) is 5.60 Å². The minimum Gasteiger partial charge on any atom is -0.376 e. The van der Waals surface area contributed by atoms with Gasteiger partial charge in [-0.3, -0.25) is 4.79 Å². The fraction of sp³-hybridized carbons (Fsp3) is 0.500. The average Bonchev–Trinajstić information content (AvgIpc) is 3.12. The van der Waals surface area contributed by atoms with Crippen LogP contribution < -0.4 is 5.32 Å². The maximum absolute atomic E-state index is 12.6. The summed E-state index contributed by atoms with van der Waals surface area (Å²) < 4.78 is 31.6. The van der Waals surface area contributed by atoms with Gasteiger partial charge in [0.1, 0.15) is 5.69 Å². The van der Waals surface area contributed by atoms with Gasteiger partial charge in [-0.05, 0) is 44.7 Å². The normalized spacial score (nSPS) is 22.0. The quantitative estimate of drug-likeness (QED) is 0.830. The molecule has 0 radical (unpaired) electrons. The van der Waals surface area contributed by atoms with Crippen LogP contribution in [0.25, 0.3) is 0 Å². The molecule has 2 heterocycles. The van der Waals surface area contributed by atoms with Crippen LogP contribution in [0.15, 0.2) is 42.6 Å². The predicted molar refractivity (Wildman–Crippen MR) is 97.8 cm³/mol. The lowest BCUT2D eigenvalue weighted by molar-refractivity contribution is -0.0838. The van der Waals surface area contributed by atoms with Gasteiger partial charge in [0.2, 0.25) is 0 Å². The van der Waals surface area contributed by atoms with Crippen molar-refractivity contribution in [1.29, 1.82) is 0 Å². The summed E-state index contributed by atoms with van der Waals surface area (Å²) in [6.45, 7) is 2.51. The number of hydrogen-bond acceptors (Lipinski definition) is 3. The van der Waals surface area contributed by atoms with E-state index in [9.17, 15) is 13.6 Å². The Hall–Kier alpha value is -2.28. The molecule has 27 heavy (non-hydrogen) atoms. The molecule has 1 aliphatic rings. The summed E-state index contributed by atoms with van der Waals surface area (Å²) in [6.07, 6.45) is 3.56. The maximum Gasteiger partial charge on any atom is 0.333 e. The smallest absolute Gasteiger partial charge is 0.333 e. The monoisotopic (exact) mass is 377 g/mol. The number of carbonyl (C=O) groups is 1. The molecular weight excluding hydrogens is 352 g/mol. The number of nitrogens with one attached hydrogen (secondary N) is 1. The van der Waals surface area contributed by atoms with Crippen molar-refractivity contribution in [2.75, 3.05) is 13.2 Å². The minimum atomic E-state index is -2.75. The van der Waals surface area contributed by atoms with Crippen LogP contribution in [0, 0.1) is 0 Å². The molecule has 0 spiro atoms. The Kier molecular flexibility index (Phi) is 5.60. The Bertz CT molecular complexity index is 777. The zero-order chi connectivity index (χ0) is 19.5. The number of rotatable bonds is 6. The maximum atomic E-state index is 12.6. The molecule has 1 atom stereocenters. The second kappa shape index (κ2) is 7.76. The lowest BCUT2D eigenvalue weighted by atomic mass is 9.67. The first-order valence-corrected chi connectivity index (χ1v) is 9.12. The first kappa shape index (κ1) is 19.5. The minimum absolute atomic E-state index is 0.00336. The van der Waals surface area contributed by atoms with Crippen molar-refractivity contribution in [3.05, 3.63) is 53.9 Å². The number of halogens is 2. The van der Waals surface area contributed by atoms with Gasteiger partial charge in [-0.15, -0.1) is 0 Å². The van der Waals surface area contributed by atoms with Crippen LogP contribution in [0.2, 0.25) is 0 Å². The largest absolute Gasteiger partial charge is 0.376 e. The number of nitrogens with zero attached hydrogens (tertiary/aromatic N) is 2. The van der Waals surface area contributed by atoms with Crippen molar-refractivity contribution in [3.8, 4) is 0 Å². The topological polar surface area (TPSA) is 56.2 Å². The molecule has 0 unspecified atom stereocenters. The van der Waals surface area contributed by atoms with E-state index in [2.05, 4.69) is 36.4 Å². The molecule has 1 aliphatic heterocycles. The molecule has 2 aromatic rings. The van der Waals surface area contributed by atoms with E-state index in [-0.39, 0.29) is 16.7 Å². The van der Waals surface area contributed by atoms with Crippen molar-refractivity contribution < 1.29 is 18.3 Å². The second-order valence-corrected chi connectivity index (χ2v) is 7.65. The molecule has 1 amide bonds. The number of alkyl halides is 2. The zero-order valence-electron chi connectivity index (χ0n) is 15.6. The highest BCUT2D eigenvalue weighted by Gasteiger charge is 2.41. The van der Waals surface area contributed by atoms with E-state index >= 15 is 0 Å². The highest BCUT2D eigenvalue weighted by Crippen LogP contribution is 2.43. The fourth-order valence-electron chi connectivity index (χ4n) is 3.95. The lowest BCUT2D eigenvalue weighted by Gasteiger charge is -2.45. The molecule has 3 rings (SSSR count). The molecule has 7 heteroatoms. The molecular formula is C20H25F2N3O2. The van der Waals surface area contributed by atoms with Crippen LogP contribution >= 0.6 is 0 Å². The number of benzene rings is 1. The van der Waals surface area contributed by atoms with E-state index in [0.717, 1.165) is 25.5 Å². The van der Waals surface area contributed by atoms with Gasteiger partial charge in [-0.2, -0.15) is 13.9 Å². The van der Waals surface area contributed by atoms with Crippen LogP contribution in [0.5, 0.6) is 0 Å². The summed E-state index contributed by atoms with van der Waals surface area (Å²) in [5, 5.41) is 6.43. The molecule has 0 bridgehead atoms. The summed E-state index contributed by atoms with van der Waals surface area (Å²) in [4.78, 5) is 12.2. The van der Waals surface area contributed by atoms with Crippen molar-refractivity contribution in [1.82, 2.24) is 15.1 Å². The van der Waals surface area contributed by atoms with Crippen LogP contribution in [0.1, 0.15) is 55.7 Å². The first-order chi connectivity index (χ1) is 12.8. The number of ether oxygens (including phenoxy) is 1. The predicted octanol–water partition coefficient (Wildman–Crippen LogP) is 3.93. The highest BCUT2D eigenvalue weighted by molar-refractivity contribution is 5.92. The van der Waals surface area contributed by atoms with Crippen LogP contribution in [0.3, 0.4) is 0 Å². The Morgan fingerprint density at radius 1 is 1.30 bits per heavy atom. The summed E-state index contributed by atoms with van der Waals surface area (Å²) in [6, 6.07) is 11.6. The summed E-state index contributed by atoms with van der Waals surface area (Å²) in [7, 11) is 0. The van der Waals surface area contributed by atoms with Crippen LogP contribution in [-0.4, -0.2) is 34.4 Å². The van der Waals surface area contributed by atoms with Gasteiger partial charge in [0, 0.05) is 24.8 Å². The standard InChI is InChI=1S/C20H25F2N3O2/c1-19(2)14-20(10-13-27-19,15-6-4-3-5-7-15)9-11-23-17(26)16-8-12-25(24-16)18(21)22/h3-8,12,18H,9-11,13-14H2,1-2H3,(H,23,26)/t20-/m1/s1. The highest BCUT2D eigenvalue weighted by atomic mass is 19.3. The molecule has 1 N–H and O–H groups in total. The Morgan fingerprint density at radius 2 is 2.04 bits per heavy atom. The Morgan fingerprint density at radius 3 is 2.67 bits per heavy atom. The Balaban J connectivity index is 1.69. The third-order valence-corrected chi connectivity index (χ3v) is 5.15. The van der Waals surface area contributed by atoms with Gasteiger partial charge < -0.3 is 10.1 Å². The van der Waals surface area contributed by atoms with Gasteiger partial charge in [-0.1, -0.05) is 30.3 Å². The van der Waals surface area contributed by atoms with E-state index in [1.54, 1.807) is 0 Å². The van der Waals surface area contributed by atoms with Crippen molar-refractivity contribution in [3.63, 3.8) is 0 Å². The van der Waals surface area contributed by atoms with E-state index in [4.69, 9.17) is 4.74 Å². The molecule has 1 saturated heterocycles. The molecule has 5 nitrogen and oxygen atoms in total. The third kappa shape index (κ3) is 4.53. The van der Waals surface area contributed by atoms with Gasteiger partial charge in [0.15, 0.2) is 0 Å². The molecule has 0 saturated carbocycles. The van der Waals surface area contributed by atoms with E-state index in [0.29, 0.717) is 17.8 Å². The van der Waals surface area contributed by atoms with Gasteiger partial charge >= 0.3 is 6.55 Å². The second-order valence-electron chi connectivity index (χ2n) is 7.65. The van der Waals surface area contributed by atoms with Crippen molar-refractivity contribution in [2.24, 2.45) is 0 Å². The zero-order valence-corrected chi connectivity index (χ0v) is 15.6. The number of carbonyl (C=O) groups excluding carboxylic acids is 1. The SMILES string of the molecule is CC1(C)C[C@](CCNC(=O)c2ccn(C(F)F)n2)(c2ccccc2)CCO1. The Labute approximate surface area is 157 Å². The average molecular weight is 377 g/mol. The fourth-order valence-corrected chi connectivity index (χ4v) is 3.95. The van der Waals surface area contributed by atoms with E-state index < -0.39 is 12.5 Å². The molecule has 1 aromatic carbocycles. The van der Waals surface area contributed by atoms with Crippen LogP contribution in [-0.2, 0) is 10.2 Å². The molecule has 0 aliphatic carbocycles. The summed E-state index contributed by atoms with van der Waals surface area (Å²) in [5.74, 6) is -0.441. The van der Waals surface area contributed by atoms with E-state index in [1.165, 1.54) is 11.6 Å². The lowest BCUT2D eigenvalue weighted by Crippen LogP contribution is -2.45. The summed E-state index contributed by atoms with van der Waals surface area (Å²) in [5.41, 5.74) is 0.890. The van der Waals surface area contributed by atoms with Crippen LogP contribution in [0.4, 0.5) is 8.78 Å².